The van der Waals surface area contributed by atoms with Crippen molar-refractivity contribution in [3.63, 3.8) is 0 Å². The molecule has 1 aliphatic carbocycles. The first kappa shape index (κ1) is 27.6. The molecule has 0 aromatic heterocycles. The zero-order valence-corrected chi connectivity index (χ0v) is 23.1. The zero-order chi connectivity index (χ0) is 29.1. The highest BCUT2D eigenvalue weighted by atomic mass is 32.2. The molecular weight excluding hydrogens is 548 g/mol. The third-order valence-electron chi connectivity index (χ3n) is 6.88. The van der Waals surface area contributed by atoms with Crippen LogP contribution in [-0.4, -0.2) is 46.2 Å². The first-order valence-corrected chi connectivity index (χ1v) is 14.0. The second kappa shape index (κ2) is 11.3. The number of rotatable bonds is 10. The van der Waals surface area contributed by atoms with Gasteiger partial charge >= 0.3 is 0 Å². The van der Waals surface area contributed by atoms with Crippen LogP contribution in [0.15, 0.2) is 82.8 Å². The van der Waals surface area contributed by atoms with Crippen molar-refractivity contribution in [2.45, 2.75) is 17.7 Å². The van der Waals surface area contributed by atoms with E-state index in [-0.39, 0.29) is 11.4 Å². The van der Waals surface area contributed by atoms with Gasteiger partial charge < -0.3 is 9.47 Å². The standard InChI is InChI=1S/C29H26N4O7S/c1-39-22-14-15-24(26(16-22)40-2)32(41(37,38)27-9-4-3-8-25(27)33(35)36)18-28(34)31-30-17-21-13-12-20-11-10-19-6-5-7-23(21)29(19)20/h3-9,12-17H,10-11,18H2,1-2H3,(H,31,34)/b30-17-. The number of benzene rings is 4. The fourth-order valence-electron chi connectivity index (χ4n) is 4.96. The van der Waals surface area contributed by atoms with Crippen LogP contribution in [0.1, 0.15) is 16.7 Å². The number of carbonyl (C=O) groups is 1. The summed E-state index contributed by atoms with van der Waals surface area (Å²) in [5.41, 5.74) is 5.07. The molecule has 0 unspecified atom stereocenters. The minimum Gasteiger partial charge on any atom is -0.497 e. The van der Waals surface area contributed by atoms with E-state index in [1.54, 1.807) is 0 Å². The molecule has 0 aliphatic heterocycles. The predicted octanol–water partition coefficient (Wildman–Crippen LogP) is 4.21. The van der Waals surface area contributed by atoms with Crippen LogP contribution in [0.4, 0.5) is 11.4 Å². The average Bonchev–Trinajstić information content (AvgIpc) is 3.41. The van der Waals surface area contributed by atoms with Crippen LogP contribution in [0.25, 0.3) is 10.8 Å². The lowest BCUT2D eigenvalue weighted by molar-refractivity contribution is -0.387. The maximum atomic E-state index is 13.8. The van der Waals surface area contributed by atoms with Crippen molar-refractivity contribution < 1.29 is 27.6 Å². The highest BCUT2D eigenvalue weighted by Gasteiger charge is 2.34. The second-order valence-corrected chi connectivity index (χ2v) is 11.1. The van der Waals surface area contributed by atoms with Gasteiger partial charge in [-0.05, 0) is 52.9 Å². The van der Waals surface area contributed by atoms with Gasteiger partial charge in [0.05, 0.1) is 31.0 Å². The van der Waals surface area contributed by atoms with Gasteiger partial charge in [0.2, 0.25) is 0 Å². The number of methoxy groups -OCH3 is 2. The van der Waals surface area contributed by atoms with Crippen LogP contribution in [0, 0.1) is 10.1 Å². The lowest BCUT2D eigenvalue weighted by atomic mass is 10.0. The van der Waals surface area contributed by atoms with Crippen molar-refractivity contribution in [3.05, 3.63) is 99.6 Å². The Hall–Kier alpha value is -4.97. The van der Waals surface area contributed by atoms with E-state index < -0.39 is 38.0 Å². The number of hydrogen-bond donors (Lipinski definition) is 1. The van der Waals surface area contributed by atoms with Crippen LogP contribution in [0.2, 0.25) is 0 Å². The molecule has 210 valence electrons. The summed E-state index contributed by atoms with van der Waals surface area (Å²) in [6.45, 7) is -0.738. The number of sulfonamides is 1. The van der Waals surface area contributed by atoms with E-state index in [9.17, 15) is 23.3 Å². The monoisotopic (exact) mass is 574 g/mol. The molecule has 0 radical (unpaired) electrons. The molecule has 0 bridgehead atoms. The molecule has 0 saturated heterocycles. The lowest BCUT2D eigenvalue weighted by Crippen LogP contribution is -2.40. The number of ether oxygens (including phenoxy) is 2. The summed E-state index contributed by atoms with van der Waals surface area (Å²) < 4.78 is 39.0. The second-order valence-electron chi connectivity index (χ2n) is 9.22. The van der Waals surface area contributed by atoms with E-state index in [1.165, 1.54) is 67.3 Å². The highest BCUT2D eigenvalue weighted by Crippen LogP contribution is 2.37. The summed E-state index contributed by atoms with van der Waals surface area (Å²) in [5, 5.41) is 17.9. The average molecular weight is 575 g/mol. The molecule has 11 nitrogen and oxygen atoms in total. The van der Waals surface area contributed by atoms with Gasteiger partial charge in [0.25, 0.3) is 21.6 Å². The Kier molecular flexibility index (Phi) is 7.58. The van der Waals surface area contributed by atoms with E-state index in [0.717, 1.165) is 40.2 Å². The fourth-order valence-corrected chi connectivity index (χ4v) is 6.55. The summed E-state index contributed by atoms with van der Waals surface area (Å²) in [6.07, 6.45) is 3.46. The molecule has 0 spiro atoms. The normalized spacial score (nSPS) is 12.4. The van der Waals surface area contributed by atoms with Crippen LogP contribution >= 0.6 is 0 Å². The number of para-hydroxylation sites is 1. The van der Waals surface area contributed by atoms with Crippen LogP contribution < -0.4 is 19.2 Å². The van der Waals surface area contributed by atoms with E-state index >= 15 is 0 Å². The van der Waals surface area contributed by atoms with E-state index in [4.69, 9.17) is 9.47 Å². The molecule has 1 amide bonds. The summed E-state index contributed by atoms with van der Waals surface area (Å²) in [7, 11) is -1.86. The zero-order valence-electron chi connectivity index (χ0n) is 22.2. The number of nitro benzene ring substituents is 1. The lowest BCUT2D eigenvalue weighted by Gasteiger charge is -2.25. The van der Waals surface area contributed by atoms with E-state index in [1.807, 2.05) is 24.3 Å². The molecule has 1 aliphatic rings. The molecule has 0 atom stereocenters. The fraction of sp³-hybridized carbons (Fsp3) is 0.172. The number of nitrogens with one attached hydrogen (secondary N) is 1. The molecular formula is C29H26N4O7S. The molecule has 0 heterocycles. The SMILES string of the molecule is COc1ccc(N(CC(=O)N/N=C\c2ccc3c4c(cccc24)CC3)S(=O)(=O)c2ccccc2[N+](=O)[O-])c(OC)c1. The topological polar surface area (TPSA) is 140 Å². The maximum Gasteiger partial charge on any atom is 0.289 e. The highest BCUT2D eigenvalue weighted by molar-refractivity contribution is 7.93. The van der Waals surface area contributed by atoms with Gasteiger partial charge in [-0.25, -0.2) is 13.8 Å². The predicted molar refractivity (Wildman–Crippen MR) is 154 cm³/mol. The first-order valence-electron chi connectivity index (χ1n) is 12.6. The summed E-state index contributed by atoms with van der Waals surface area (Å²) in [4.78, 5) is 23.4. The third-order valence-corrected chi connectivity index (χ3v) is 8.68. The summed E-state index contributed by atoms with van der Waals surface area (Å²) >= 11 is 0. The van der Waals surface area contributed by atoms with Crippen molar-refractivity contribution in [3.8, 4) is 11.5 Å². The van der Waals surface area contributed by atoms with Gasteiger partial charge in [0.15, 0.2) is 4.90 Å². The van der Waals surface area contributed by atoms with Crippen LogP contribution in [0.5, 0.6) is 11.5 Å². The Morgan fingerprint density at radius 2 is 1.78 bits per heavy atom. The van der Waals surface area contributed by atoms with Crippen LogP contribution in [-0.2, 0) is 27.7 Å². The number of amides is 1. The molecule has 0 saturated carbocycles. The Morgan fingerprint density at radius 3 is 2.51 bits per heavy atom. The molecule has 12 heteroatoms. The smallest absolute Gasteiger partial charge is 0.289 e. The number of hydrazone groups is 1. The molecule has 5 rings (SSSR count). The minimum absolute atomic E-state index is 0.0157. The Labute approximate surface area is 236 Å². The van der Waals surface area contributed by atoms with Gasteiger partial charge in [0.1, 0.15) is 18.0 Å². The Bertz CT molecular complexity index is 1790. The number of anilines is 1. The van der Waals surface area contributed by atoms with E-state index in [0.29, 0.717) is 5.75 Å². The minimum atomic E-state index is -4.63. The molecule has 0 fully saturated rings. The van der Waals surface area contributed by atoms with Gasteiger partial charge in [-0.1, -0.05) is 42.5 Å². The van der Waals surface area contributed by atoms with Crippen molar-refractivity contribution in [1.29, 1.82) is 0 Å². The Morgan fingerprint density at radius 1 is 1.02 bits per heavy atom. The number of hydrogen-bond acceptors (Lipinski definition) is 8. The van der Waals surface area contributed by atoms with Gasteiger partial charge in [-0.3, -0.25) is 19.2 Å². The van der Waals surface area contributed by atoms with Crippen LogP contribution in [0.3, 0.4) is 0 Å². The maximum absolute atomic E-state index is 13.8. The van der Waals surface area contributed by atoms with Gasteiger partial charge in [-0.2, -0.15) is 5.10 Å². The number of carbonyl (C=O) groups excluding carboxylic acids is 1. The number of aryl methyl sites for hydroxylation is 2. The van der Waals surface area contributed by atoms with Gasteiger partial charge in [-0.15, -0.1) is 0 Å². The largest absolute Gasteiger partial charge is 0.497 e. The van der Waals surface area contributed by atoms with Crippen molar-refractivity contribution in [1.82, 2.24) is 5.43 Å². The Balaban J connectivity index is 1.47. The third kappa shape index (κ3) is 5.29. The first-order chi connectivity index (χ1) is 19.7. The molecule has 41 heavy (non-hydrogen) atoms. The van der Waals surface area contributed by atoms with Crippen molar-refractivity contribution >= 4 is 44.3 Å². The summed E-state index contributed by atoms with van der Waals surface area (Å²) in [5.74, 6) is -0.309. The van der Waals surface area contributed by atoms with E-state index in [2.05, 4.69) is 16.6 Å². The molecule has 4 aromatic rings. The van der Waals surface area contributed by atoms with Crippen molar-refractivity contribution in [2.24, 2.45) is 5.10 Å². The quantitative estimate of drug-likeness (QED) is 0.170. The van der Waals surface area contributed by atoms with Gasteiger partial charge in [0, 0.05) is 17.7 Å². The van der Waals surface area contributed by atoms with Crippen molar-refractivity contribution in [2.75, 3.05) is 25.1 Å². The number of nitrogens with zero attached hydrogens (tertiary/aromatic N) is 3. The summed E-state index contributed by atoms with van der Waals surface area (Å²) in [6, 6.07) is 19.3. The molecule has 1 N–H and O–H groups in total. The number of nitro groups is 1. The molecule has 4 aromatic carbocycles.